The molecule has 1 amide bonds. The molecule has 1 N–H and O–H groups in total. The molecule has 1 heterocycles. The van der Waals surface area contributed by atoms with Crippen LogP contribution in [-0.4, -0.2) is 21.5 Å². The molecule has 28 heavy (non-hydrogen) atoms. The van der Waals surface area contributed by atoms with Gasteiger partial charge < -0.3 is 5.32 Å². The van der Waals surface area contributed by atoms with Crippen LogP contribution in [0.15, 0.2) is 54.6 Å². The van der Waals surface area contributed by atoms with Crippen LogP contribution in [0.4, 0.5) is 5.69 Å². The lowest BCUT2D eigenvalue weighted by atomic mass is 9.79. The van der Waals surface area contributed by atoms with Gasteiger partial charge in [0.2, 0.25) is 5.91 Å². The van der Waals surface area contributed by atoms with E-state index in [2.05, 4.69) is 71.3 Å². The number of benzene rings is 2. The zero-order chi connectivity index (χ0) is 19.0. The first-order chi connectivity index (χ1) is 13.7. The van der Waals surface area contributed by atoms with Crippen LogP contribution in [0.1, 0.15) is 36.8 Å². The van der Waals surface area contributed by atoms with E-state index >= 15 is 0 Å². The molecule has 3 aliphatic rings. The van der Waals surface area contributed by atoms with Gasteiger partial charge in [0.1, 0.15) is 0 Å². The second-order valence-electron chi connectivity index (χ2n) is 8.37. The lowest BCUT2D eigenvalue weighted by Gasteiger charge is -2.42. The molecule has 3 fully saturated rings. The molecule has 2 aromatic carbocycles. The van der Waals surface area contributed by atoms with Crippen molar-refractivity contribution in [3.8, 4) is 0 Å². The Morgan fingerprint density at radius 1 is 0.929 bits per heavy atom. The molecule has 1 saturated heterocycles. The number of para-hydroxylation sites is 1. The van der Waals surface area contributed by atoms with Crippen molar-refractivity contribution >= 4 is 35.1 Å². The molecule has 3 atom stereocenters. The van der Waals surface area contributed by atoms with E-state index in [-0.39, 0.29) is 11.8 Å². The predicted octanol–water partition coefficient (Wildman–Crippen LogP) is 5.83. The molecule has 1 unspecified atom stereocenters. The summed E-state index contributed by atoms with van der Waals surface area (Å²) < 4.78 is 0.446. The largest absolute Gasteiger partial charge is 0.326 e. The minimum atomic E-state index is 0.176. The van der Waals surface area contributed by atoms with E-state index in [1.165, 1.54) is 35.5 Å². The molecule has 5 rings (SSSR count). The molecule has 2 aromatic rings. The van der Waals surface area contributed by atoms with Crippen LogP contribution < -0.4 is 5.32 Å². The van der Waals surface area contributed by atoms with Gasteiger partial charge in [0.25, 0.3) is 0 Å². The maximum atomic E-state index is 13.2. The van der Waals surface area contributed by atoms with Gasteiger partial charge in [0.05, 0.1) is 4.08 Å². The van der Waals surface area contributed by atoms with Crippen molar-refractivity contribution in [3.05, 3.63) is 65.7 Å². The van der Waals surface area contributed by atoms with Gasteiger partial charge in [-0.05, 0) is 61.1 Å². The van der Waals surface area contributed by atoms with Gasteiger partial charge in [-0.3, -0.25) is 4.79 Å². The number of hydrogen-bond donors (Lipinski definition) is 1. The Labute approximate surface area is 176 Å². The number of hydrogen-bond acceptors (Lipinski definition) is 3. The summed E-state index contributed by atoms with van der Waals surface area (Å²) >= 11 is 4.39. The summed E-state index contributed by atoms with van der Waals surface area (Å²) in [6, 6.07) is 18.8. The Hall–Kier alpha value is -1.39. The highest BCUT2D eigenvalue weighted by atomic mass is 32.2. The summed E-state index contributed by atoms with van der Waals surface area (Å²) in [6.45, 7) is 0. The van der Waals surface area contributed by atoms with Crippen molar-refractivity contribution < 1.29 is 4.79 Å². The van der Waals surface area contributed by atoms with Crippen LogP contribution in [0.2, 0.25) is 0 Å². The molecule has 4 heteroatoms. The van der Waals surface area contributed by atoms with Crippen molar-refractivity contribution in [1.29, 1.82) is 0 Å². The standard InChI is InChI=1S/C24H27NOS2/c26-23(19-15-20-10-11-21(16-19)24(20)27-12-13-28-24)25-22-9-5-4-8-18(22)14-17-6-2-1-3-7-17/h1-9,19-21H,10-16H2,(H,25,26)/t19?,20-,21+. The van der Waals surface area contributed by atoms with Crippen molar-refractivity contribution in [1.82, 2.24) is 0 Å². The third kappa shape index (κ3) is 3.39. The van der Waals surface area contributed by atoms with Crippen molar-refractivity contribution in [2.45, 2.75) is 36.2 Å². The van der Waals surface area contributed by atoms with E-state index in [0.29, 0.717) is 4.08 Å². The summed E-state index contributed by atoms with van der Waals surface area (Å²) in [5.74, 6) is 4.44. The molecule has 1 aliphatic heterocycles. The highest BCUT2D eigenvalue weighted by molar-refractivity contribution is 8.21. The highest BCUT2D eigenvalue weighted by Gasteiger charge is 2.57. The molecule has 0 radical (unpaired) electrons. The fraction of sp³-hybridized carbons (Fsp3) is 0.458. The summed E-state index contributed by atoms with van der Waals surface area (Å²) in [6.07, 6.45) is 5.63. The van der Waals surface area contributed by atoms with Gasteiger partial charge in [-0.1, -0.05) is 48.5 Å². The summed E-state index contributed by atoms with van der Waals surface area (Å²) in [5.41, 5.74) is 3.45. The Bertz CT molecular complexity index is 831. The number of carbonyl (C=O) groups is 1. The van der Waals surface area contributed by atoms with Gasteiger partial charge in [-0.25, -0.2) is 0 Å². The highest BCUT2D eigenvalue weighted by Crippen LogP contribution is 2.65. The fourth-order valence-corrected chi connectivity index (χ4v) is 9.40. The minimum Gasteiger partial charge on any atom is -0.326 e. The van der Waals surface area contributed by atoms with Gasteiger partial charge >= 0.3 is 0 Å². The summed E-state index contributed by atoms with van der Waals surface area (Å²) in [4.78, 5) is 13.2. The van der Waals surface area contributed by atoms with E-state index in [4.69, 9.17) is 0 Å². The molecule has 2 nitrogen and oxygen atoms in total. The van der Waals surface area contributed by atoms with Gasteiger partial charge in [0.15, 0.2) is 0 Å². The van der Waals surface area contributed by atoms with Crippen LogP contribution in [0.5, 0.6) is 0 Å². The smallest absolute Gasteiger partial charge is 0.227 e. The maximum Gasteiger partial charge on any atom is 0.227 e. The zero-order valence-corrected chi connectivity index (χ0v) is 17.7. The Morgan fingerprint density at radius 2 is 1.57 bits per heavy atom. The van der Waals surface area contributed by atoms with Crippen LogP contribution in [-0.2, 0) is 11.2 Å². The van der Waals surface area contributed by atoms with Gasteiger partial charge in [0, 0.05) is 23.1 Å². The summed E-state index contributed by atoms with van der Waals surface area (Å²) in [5, 5.41) is 3.30. The van der Waals surface area contributed by atoms with Gasteiger partial charge in [-0.2, -0.15) is 0 Å². The first-order valence-corrected chi connectivity index (χ1v) is 12.4. The zero-order valence-electron chi connectivity index (χ0n) is 16.1. The SMILES string of the molecule is O=C(Nc1ccccc1Cc1ccccc1)C1C[C@H]2CC[C@@H](C1)C21SCCS1. The molecule has 146 valence electrons. The van der Waals surface area contributed by atoms with E-state index < -0.39 is 0 Å². The molecule has 0 aromatic heterocycles. The van der Waals surface area contributed by atoms with E-state index in [1.807, 2.05) is 12.1 Å². The molecule has 2 aliphatic carbocycles. The van der Waals surface area contributed by atoms with Gasteiger partial charge in [-0.15, -0.1) is 23.5 Å². The maximum absolute atomic E-state index is 13.2. The molecule has 2 bridgehead atoms. The average Bonchev–Trinajstić information content (AvgIpc) is 3.25. The predicted molar refractivity (Wildman–Crippen MR) is 121 cm³/mol. The van der Waals surface area contributed by atoms with Crippen LogP contribution in [0.25, 0.3) is 0 Å². The van der Waals surface area contributed by atoms with E-state index in [1.54, 1.807) is 0 Å². The Morgan fingerprint density at radius 3 is 2.29 bits per heavy atom. The topological polar surface area (TPSA) is 29.1 Å². The second kappa shape index (κ2) is 7.79. The number of carbonyl (C=O) groups excluding carboxylic acids is 1. The van der Waals surface area contributed by atoms with E-state index in [9.17, 15) is 4.79 Å². The second-order valence-corrected chi connectivity index (χ2v) is 11.4. The molecular weight excluding hydrogens is 382 g/mol. The van der Waals surface area contributed by atoms with Crippen molar-refractivity contribution in [2.75, 3.05) is 16.8 Å². The fourth-order valence-electron chi connectivity index (χ4n) is 5.46. The van der Waals surface area contributed by atoms with E-state index in [0.717, 1.165) is 36.8 Å². The number of thioether (sulfide) groups is 2. The average molecular weight is 410 g/mol. The Balaban J connectivity index is 1.29. The lowest BCUT2D eigenvalue weighted by molar-refractivity contribution is -0.121. The van der Waals surface area contributed by atoms with Crippen LogP contribution in [0.3, 0.4) is 0 Å². The van der Waals surface area contributed by atoms with Crippen LogP contribution in [0, 0.1) is 17.8 Å². The van der Waals surface area contributed by atoms with Crippen molar-refractivity contribution in [3.63, 3.8) is 0 Å². The van der Waals surface area contributed by atoms with Crippen molar-refractivity contribution in [2.24, 2.45) is 17.8 Å². The third-order valence-electron chi connectivity index (χ3n) is 6.76. The molecule has 2 saturated carbocycles. The number of anilines is 1. The third-order valence-corrected chi connectivity index (χ3v) is 10.8. The Kier molecular flexibility index (Phi) is 5.18. The minimum absolute atomic E-state index is 0.176. The molecular formula is C24H27NOS2. The quantitative estimate of drug-likeness (QED) is 0.689. The normalized spacial score (nSPS) is 27.8. The first kappa shape index (κ1) is 18.6. The monoisotopic (exact) mass is 409 g/mol. The number of amides is 1. The summed E-state index contributed by atoms with van der Waals surface area (Å²) in [7, 11) is 0. The lowest BCUT2D eigenvalue weighted by Crippen LogP contribution is -2.41. The number of rotatable bonds is 4. The first-order valence-electron chi connectivity index (χ1n) is 10.5. The number of nitrogens with one attached hydrogen (secondary N) is 1. The molecule has 1 spiro atoms. The van der Waals surface area contributed by atoms with Crippen LogP contribution >= 0.6 is 23.5 Å².